The molecule has 5 nitrogen and oxygen atoms in total. The lowest BCUT2D eigenvalue weighted by Crippen LogP contribution is -2.11. The van der Waals surface area contributed by atoms with Gasteiger partial charge in [0.2, 0.25) is 0 Å². The van der Waals surface area contributed by atoms with Crippen LogP contribution < -0.4 is 10.1 Å². The van der Waals surface area contributed by atoms with Crippen molar-refractivity contribution in [3.63, 3.8) is 0 Å². The van der Waals surface area contributed by atoms with Crippen LogP contribution in [0.5, 0.6) is 5.75 Å². The molecule has 1 aromatic carbocycles. The number of aromatic nitrogens is 1. The van der Waals surface area contributed by atoms with E-state index < -0.39 is 0 Å². The number of hydrogen-bond acceptors (Lipinski definition) is 5. The van der Waals surface area contributed by atoms with Crippen LogP contribution in [0, 0.1) is 6.92 Å². The van der Waals surface area contributed by atoms with Crippen molar-refractivity contribution in [1.82, 2.24) is 4.98 Å². The van der Waals surface area contributed by atoms with Gasteiger partial charge in [0.15, 0.2) is 0 Å². The summed E-state index contributed by atoms with van der Waals surface area (Å²) >= 11 is 0. The first kappa shape index (κ1) is 15.3. The first-order chi connectivity index (χ1) is 11.1. The Kier molecular flexibility index (Phi) is 4.19. The quantitative estimate of drug-likeness (QED) is 0.878. The standard InChI is InChI=1S/C18H20N2O3/c1-11-12(18(21)23-3)8-10-17(19-11)20-15-9-7-14-13(15)5-4-6-16(14)22-2/h4-6,8,10,15H,7,9H2,1-3H3,(H,19,20). The van der Waals surface area contributed by atoms with Gasteiger partial charge in [-0.1, -0.05) is 12.1 Å². The van der Waals surface area contributed by atoms with E-state index in [-0.39, 0.29) is 12.0 Å². The molecular weight excluding hydrogens is 292 g/mol. The summed E-state index contributed by atoms with van der Waals surface area (Å²) in [7, 11) is 3.07. The predicted molar refractivity (Wildman–Crippen MR) is 88.0 cm³/mol. The van der Waals surface area contributed by atoms with E-state index in [4.69, 9.17) is 9.47 Å². The fourth-order valence-corrected chi connectivity index (χ4v) is 3.11. The Balaban J connectivity index is 1.83. The summed E-state index contributed by atoms with van der Waals surface area (Å²) < 4.78 is 10.2. The number of rotatable bonds is 4. The second kappa shape index (κ2) is 6.28. The van der Waals surface area contributed by atoms with Gasteiger partial charge in [-0.2, -0.15) is 0 Å². The highest BCUT2D eigenvalue weighted by Gasteiger charge is 2.25. The van der Waals surface area contributed by atoms with Gasteiger partial charge in [-0.15, -0.1) is 0 Å². The molecule has 1 unspecified atom stereocenters. The maximum Gasteiger partial charge on any atom is 0.339 e. The van der Waals surface area contributed by atoms with Gasteiger partial charge >= 0.3 is 5.97 Å². The van der Waals surface area contributed by atoms with Crippen molar-refractivity contribution in [3.8, 4) is 5.75 Å². The fraction of sp³-hybridized carbons (Fsp3) is 0.333. The Morgan fingerprint density at radius 1 is 1.26 bits per heavy atom. The van der Waals surface area contributed by atoms with Crippen LogP contribution in [0.25, 0.3) is 0 Å². The van der Waals surface area contributed by atoms with E-state index >= 15 is 0 Å². The van der Waals surface area contributed by atoms with Gasteiger partial charge in [0.25, 0.3) is 0 Å². The van der Waals surface area contributed by atoms with E-state index in [1.54, 1.807) is 13.2 Å². The molecule has 0 amide bonds. The Hall–Kier alpha value is -2.56. The van der Waals surface area contributed by atoms with E-state index in [9.17, 15) is 4.79 Å². The molecule has 1 aliphatic rings. The highest BCUT2D eigenvalue weighted by molar-refractivity contribution is 5.90. The molecule has 1 atom stereocenters. The molecule has 1 N–H and O–H groups in total. The van der Waals surface area contributed by atoms with Gasteiger partial charge in [-0.25, -0.2) is 9.78 Å². The number of pyridine rings is 1. The van der Waals surface area contributed by atoms with Crippen LogP contribution in [0.1, 0.15) is 39.6 Å². The molecule has 1 aromatic heterocycles. The molecule has 3 rings (SSSR count). The third kappa shape index (κ3) is 2.86. The minimum Gasteiger partial charge on any atom is -0.496 e. The van der Waals surface area contributed by atoms with Gasteiger partial charge in [0.1, 0.15) is 11.6 Å². The van der Waals surface area contributed by atoms with Crippen LogP contribution in [-0.4, -0.2) is 25.2 Å². The molecule has 0 bridgehead atoms. The Morgan fingerprint density at radius 3 is 2.78 bits per heavy atom. The molecule has 0 spiro atoms. The second-order valence-corrected chi connectivity index (χ2v) is 5.58. The van der Waals surface area contributed by atoms with Crippen molar-refractivity contribution < 1.29 is 14.3 Å². The summed E-state index contributed by atoms with van der Waals surface area (Å²) in [6.07, 6.45) is 1.98. The number of fused-ring (bicyclic) bond motifs is 1. The highest BCUT2D eigenvalue weighted by atomic mass is 16.5. The summed E-state index contributed by atoms with van der Waals surface area (Å²) in [5.74, 6) is 1.34. The average molecular weight is 312 g/mol. The second-order valence-electron chi connectivity index (χ2n) is 5.58. The van der Waals surface area contributed by atoms with Crippen LogP contribution in [0.2, 0.25) is 0 Å². The molecule has 5 heteroatoms. The smallest absolute Gasteiger partial charge is 0.339 e. The zero-order valence-corrected chi connectivity index (χ0v) is 13.6. The van der Waals surface area contributed by atoms with Crippen LogP contribution in [0.15, 0.2) is 30.3 Å². The minimum absolute atomic E-state index is 0.205. The lowest BCUT2D eigenvalue weighted by Gasteiger charge is -2.16. The van der Waals surface area contributed by atoms with Crippen LogP contribution >= 0.6 is 0 Å². The van der Waals surface area contributed by atoms with Crippen molar-refractivity contribution in [2.75, 3.05) is 19.5 Å². The molecule has 2 aromatic rings. The van der Waals surface area contributed by atoms with Gasteiger partial charge in [-0.3, -0.25) is 0 Å². The van der Waals surface area contributed by atoms with Gasteiger partial charge in [-0.05, 0) is 49.1 Å². The number of ether oxygens (including phenoxy) is 2. The van der Waals surface area contributed by atoms with Crippen molar-refractivity contribution in [3.05, 3.63) is 52.7 Å². The molecule has 0 fully saturated rings. The molecule has 23 heavy (non-hydrogen) atoms. The number of carbonyl (C=O) groups excluding carboxylic acids is 1. The molecular formula is C18H20N2O3. The van der Waals surface area contributed by atoms with E-state index in [1.807, 2.05) is 25.1 Å². The summed E-state index contributed by atoms with van der Waals surface area (Å²) in [5.41, 5.74) is 3.66. The number of aryl methyl sites for hydroxylation is 1. The molecule has 0 saturated heterocycles. The third-order valence-corrected chi connectivity index (χ3v) is 4.26. The number of nitrogens with one attached hydrogen (secondary N) is 1. The van der Waals surface area contributed by atoms with Crippen molar-refractivity contribution in [1.29, 1.82) is 0 Å². The van der Waals surface area contributed by atoms with Crippen molar-refractivity contribution >= 4 is 11.8 Å². The number of nitrogens with zero attached hydrogens (tertiary/aromatic N) is 1. The number of carbonyl (C=O) groups is 1. The van der Waals surface area contributed by atoms with Gasteiger partial charge < -0.3 is 14.8 Å². The monoisotopic (exact) mass is 312 g/mol. The largest absolute Gasteiger partial charge is 0.496 e. The Morgan fingerprint density at radius 2 is 2.09 bits per heavy atom. The first-order valence-electron chi connectivity index (χ1n) is 7.62. The summed E-state index contributed by atoms with van der Waals surface area (Å²) in [4.78, 5) is 16.1. The zero-order chi connectivity index (χ0) is 16.4. The lowest BCUT2D eigenvalue weighted by molar-refractivity contribution is 0.0599. The zero-order valence-electron chi connectivity index (χ0n) is 13.6. The molecule has 1 heterocycles. The third-order valence-electron chi connectivity index (χ3n) is 4.26. The highest BCUT2D eigenvalue weighted by Crippen LogP contribution is 2.38. The average Bonchev–Trinajstić information content (AvgIpc) is 2.97. The lowest BCUT2D eigenvalue weighted by atomic mass is 10.1. The number of benzene rings is 1. The number of esters is 1. The molecule has 0 radical (unpaired) electrons. The fourth-order valence-electron chi connectivity index (χ4n) is 3.11. The van der Waals surface area contributed by atoms with Crippen molar-refractivity contribution in [2.45, 2.75) is 25.8 Å². The van der Waals surface area contributed by atoms with E-state index in [0.29, 0.717) is 11.3 Å². The van der Waals surface area contributed by atoms with Crippen LogP contribution in [-0.2, 0) is 11.2 Å². The minimum atomic E-state index is -0.363. The SMILES string of the molecule is COC(=O)c1ccc(NC2CCc3c(OC)cccc32)nc1C. The van der Waals surface area contributed by atoms with E-state index in [0.717, 1.165) is 24.4 Å². The molecule has 0 aliphatic heterocycles. The van der Waals surface area contributed by atoms with Gasteiger partial charge in [0.05, 0.1) is 31.5 Å². The van der Waals surface area contributed by atoms with E-state index in [1.165, 1.54) is 18.2 Å². The molecule has 0 saturated carbocycles. The first-order valence-corrected chi connectivity index (χ1v) is 7.62. The van der Waals surface area contributed by atoms with E-state index in [2.05, 4.69) is 16.4 Å². The molecule has 120 valence electrons. The number of anilines is 1. The summed E-state index contributed by atoms with van der Waals surface area (Å²) in [6, 6.07) is 9.90. The maximum absolute atomic E-state index is 11.6. The summed E-state index contributed by atoms with van der Waals surface area (Å²) in [6.45, 7) is 1.81. The molecule has 1 aliphatic carbocycles. The van der Waals surface area contributed by atoms with Gasteiger partial charge in [0, 0.05) is 0 Å². The maximum atomic E-state index is 11.6. The van der Waals surface area contributed by atoms with Crippen molar-refractivity contribution in [2.24, 2.45) is 0 Å². The predicted octanol–water partition coefficient (Wildman–Crippen LogP) is 3.28. The topological polar surface area (TPSA) is 60.5 Å². The normalized spacial score (nSPS) is 15.9. The van der Waals surface area contributed by atoms with Crippen LogP contribution in [0.4, 0.5) is 5.82 Å². The summed E-state index contributed by atoms with van der Waals surface area (Å²) in [5, 5.41) is 3.45. The Bertz CT molecular complexity index is 743. The Labute approximate surface area is 135 Å². The number of hydrogen-bond donors (Lipinski definition) is 1. The number of methoxy groups -OCH3 is 2. The van der Waals surface area contributed by atoms with Crippen LogP contribution in [0.3, 0.4) is 0 Å².